The molecule has 2 heterocycles. The van der Waals surface area contributed by atoms with Crippen LogP contribution in [0, 0.1) is 0 Å². The molecule has 0 saturated heterocycles. The third-order valence-electron chi connectivity index (χ3n) is 3.48. The van der Waals surface area contributed by atoms with Crippen molar-refractivity contribution < 1.29 is 22.7 Å². The van der Waals surface area contributed by atoms with Crippen LogP contribution < -0.4 is 10.1 Å². The number of halogens is 2. The van der Waals surface area contributed by atoms with Gasteiger partial charge in [0.05, 0.1) is 17.7 Å². The SMILES string of the molecule is CCn1c(SCC(=O)Nc2ccccc2OC(F)F)nnc1-c1ccco1. The number of carbonyl (C=O) groups excluding carboxylic acids is 1. The van der Waals surface area contributed by atoms with Gasteiger partial charge in [0.2, 0.25) is 5.91 Å². The Morgan fingerprint density at radius 3 is 2.81 bits per heavy atom. The molecule has 0 aliphatic heterocycles. The van der Waals surface area contributed by atoms with E-state index >= 15 is 0 Å². The van der Waals surface area contributed by atoms with Crippen LogP contribution in [0.15, 0.2) is 52.2 Å². The lowest BCUT2D eigenvalue weighted by Crippen LogP contribution is -2.16. The standard InChI is InChI=1S/C17H16F2N4O3S/c1-2-23-15(13-8-5-9-25-13)21-22-17(23)27-10-14(24)20-11-6-3-4-7-12(11)26-16(18)19/h3-9,16H,2,10H2,1H3,(H,20,24). The minimum atomic E-state index is -2.97. The number of benzene rings is 1. The molecule has 0 atom stereocenters. The van der Waals surface area contributed by atoms with E-state index in [1.54, 1.807) is 30.5 Å². The fourth-order valence-electron chi connectivity index (χ4n) is 2.35. The molecule has 10 heteroatoms. The average Bonchev–Trinajstić information content (AvgIpc) is 3.30. The lowest BCUT2D eigenvalue weighted by atomic mass is 10.3. The van der Waals surface area contributed by atoms with E-state index in [1.807, 2.05) is 11.5 Å². The molecule has 2 aromatic heterocycles. The number of nitrogens with one attached hydrogen (secondary N) is 1. The number of para-hydroxylation sites is 2. The maximum atomic E-state index is 12.4. The van der Waals surface area contributed by atoms with Crippen molar-refractivity contribution in [2.75, 3.05) is 11.1 Å². The van der Waals surface area contributed by atoms with Crippen LogP contribution in [-0.4, -0.2) is 33.0 Å². The van der Waals surface area contributed by atoms with Gasteiger partial charge in [0, 0.05) is 6.54 Å². The van der Waals surface area contributed by atoms with Crippen LogP contribution in [0.4, 0.5) is 14.5 Å². The zero-order valence-corrected chi connectivity index (χ0v) is 15.1. The first kappa shape index (κ1) is 18.9. The van der Waals surface area contributed by atoms with Crippen molar-refractivity contribution >= 4 is 23.4 Å². The molecule has 0 saturated carbocycles. The quantitative estimate of drug-likeness (QED) is 0.584. The second-order valence-electron chi connectivity index (χ2n) is 5.24. The lowest BCUT2D eigenvalue weighted by Gasteiger charge is -2.11. The number of furan rings is 1. The van der Waals surface area contributed by atoms with Gasteiger partial charge in [0.15, 0.2) is 16.7 Å². The number of aromatic nitrogens is 3. The molecule has 27 heavy (non-hydrogen) atoms. The van der Waals surface area contributed by atoms with Gasteiger partial charge in [-0.05, 0) is 31.2 Å². The van der Waals surface area contributed by atoms with Crippen LogP contribution in [0.2, 0.25) is 0 Å². The van der Waals surface area contributed by atoms with Crippen LogP contribution >= 0.6 is 11.8 Å². The van der Waals surface area contributed by atoms with Crippen LogP contribution in [0.5, 0.6) is 5.75 Å². The highest BCUT2D eigenvalue weighted by atomic mass is 32.2. The smallest absolute Gasteiger partial charge is 0.387 e. The fraction of sp³-hybridized carbons (Fsp3) is 0.235. The van der Waals surface area contributed by atoms with Crippen molar-refractivity contribution in [1.82, 2.24) is 14.8 Å². The van der Waals surface area contributed by atoms with Crippen molar-refractivity contribution in [1.29, 1.82) is 0 Å². The highest BCUT2D eigenvalue weighted by Crippen LogP contribution is 2.27. The summed E-state index contributed by atoms with van der Waals surface area (Å²) in [6, 6.07) is 9.54. The number of carbonyl (C=O) groups is 1. The molecule has 0 radical (unpaired) electrons. The number of nitrogens with zero attached hydrogens (tertiary/aromatic N) is 3. The largest absolute Gasteiger partial charge is 0.461 e. The molecule has 1 N–H and O–H groups in total. The van der Waals surface area contributed by atoms with Gasteiger partial charge in [0.25, 0.3) is 0 Å². The molecule has 0 bridgehead atoms. The van der Waals surface area contributed by atoms with Crippen molar-refractivity contribution in [3.63, 3.8) is 0 Å². The molecule has 7 nitrogen and oxygen atoms in total. The predicted octanol–water partition coefficient (Wildman–Crippen LogP) is 3.89. The van der Waals surface area contributed by atoms with Crippen molar-refractivity contribution in [2.45, 2.75) is 25.2 Å². The minimum absolute atomic E-state index is 0.0271. The lowest BCUT2D eigenvalue weighted by molar-refractivity contribution is -0.113. The Morgan fingerprint density at radius 2 is 2.11 bits per heavy atom. The average molecular weight is 394 g/mol. The third-order valence-corrected chi connectivity index (χ3v) is 4.45. The molecular formula is C17H16F2N4O3S. The van der Waals surface area contributed by atoms with Gasteiger partial charge in [0.1, 0.15) is 5.75 Å². The summed E-state index contributed by atoms with van der Waals surface area (Å²) in [6.07, 6.45) is 1.54. The maximum absolute atomic E-state index is 12.4. The zero-order chi connectivity index (χ0) is 19.2. The van der Waals surface area contributed by atoms with E-state index in [2.05, 4.69) is 20.3 Å². The Bertz CT molecular complexity index is 899. The molecule has 0 fully saturated rings. The highest BCUT2D eigenvalue weighted by Gasteiger charge is 2.17. The molecule has 0 spiro atoms. The van der Waals surface area contributed by atoms with E-state index in [9.17, 15) is 13.6 Å². The van der Waals surface area contributed by atoms with Gasteiger partial charge in [-0.2, -0.15) is 8.78 Å². The third kappa shape index (κ3) is 4.64. The Balaban J connectivity index is 1.65. The number of hydrogen-bond donors (Lipinski definition) is 1. The molecule has 1 amide bonds. The van der Waals surface area contributed by atoms with Gasteiger partial charge in [-0.25, -0.2) is 0 Å². The minimum Gasteiger partial charge on any atom is -0.461 e. The first-order valence-electron chi connectivity index (χ1n) is 8.02. The molecule has 142 valence electrons. The van der Waals surface area contributed by atoms with Crippen LogP contribution in [0.25, 0.3) is 11.6 Å². The topological polar surface area (TPSA) is 82.2 Å². The van der Waals surface area contributed by atoms with Crippen LogP contribution in [-0.2, 0) is 11.3 Å². The highest BCUT2D eigenvalue weighted by molar-refractivity contribution is 7.99. The first-order chi connectivity index (χ1) is 13.1. The molecule has 3 rings (SSSR count). The summed E-state index contributed by atoms with van der Waals surface area (Å²) < 4.78 is 36.5. The van der Waals surface area contributed by atoms with E-state index in [4.69, 9.17) is 4.42 Å². The Hall–Kier alpha value is -2.88. The number of thioether (sulfide) groups is 1. The summed E-state index contributed by atoms with van der Waals surface area (Å²) >= 11 is 1.18. The Morgan fingerprint density at radius 1 is 1.30 bits per heavy atom. The second kappa shape index (κ2) is 8.67. The summed E-state index contributed by atoms with van der Waals surface area (Å²) in [6.45, 7) is -0.448. The van der Waals surface area contributed by atoms with E-state index in [1.165, 1.54) is 23.9 Å². The predicted molar refractivity (Wildman–Crippen MR) is 95.8 cm³/mol. The van der Waals surface area contributed by atoms with Crippen molar-refractivity contribution in [3.8, 4) is 17.3 Å². The Kier molecular flexibility index (Phi) is 6.07. The molecule has 0 aliphatic carbocycles. The van der Waals surface area contributed by atoms with E-state index in [0.29, 0.717) is 23.3 Å². The van der Waals surface area contributed by atoms with Crippen LogP contribution in [0.3, 0.4) is 0 Å². The molecule has 0 unspecified atom stereocenters. The summed E-state index contributed by atoms with van der Waals surface area (Å²) in [4.78, 5) is 12.2. The van der Waals surface area contributed by atoms with Gasteiger partial charge < -0.3 is 14.5 Å². The van der Waals surface area contributed by atoms with Crippen LogP contribution in [0.1, 0.15) is 6.92 Å². The first-order valence-corrected chi connectivity index (χ1v) is 9.00. The summed E-state index contributed by atoms with van der Waals surface area (Å²) in [5.74, 6) is 0.706. The number of alkyl halides is 2. The van der Waals surface area contributed by atoms with Gasteiger partial charge >= 0.3 is 6.61 Å². The number of ether oxygens (including phenoxy) is 1. The fourth-order valence-corrected chi connectivity index (χ4v) is 3.16. The summed E-state index contributed by atoms with van der Waals surface area (Å²) in [7, 11) is 0. The molecule has 3 aromatic rings. The molecule has 0 aliphatic rings. The molecular weight excluding hydrogens is 378 g/mol. The van der Waals surface area contributed by atoms with E-state index in [-0.39, 0.29) is 23.1 Å². The Labute approximate surface area is 157 Å². The number of anilines is 1. The summed E-state index contributed by atoms with van der Waals surface area (Å²) in [5, 5.41) is 11.3. The van der Waals surface area contributed by atoms with Gasteiger partial charge in [-0.3, -0.25) is 9.36 Å². The van der Waals surface area contributed by atoms with E-state index < -0.39 is 6.61 Å². The molecule has 1 aromatic carbocycles. The van der Waals surface area contributed by atoms with Crippen molar-refractivity contribution in [2.24, 2.45) is 0 Å². The number of amides is 1. The van der Waals surface area contributed by atoms with Crippen molar-refractivity contribution in [3.05, 3.63) is 42.7 Å². The van der Waals surface area contributed by atoms with Gasteiger partial charge in [-0.15, -0.1) is 10.2 Å². The number of rotatable bonds is 8. The number of hydrogen-bond acceptors (Lipinski definition) is 6. The zero-order valence-electron chi connectivity index (χ0n) is 14.3. The van der Waals surface area contributed by atoms with E-state index in [0.717, 1.165) is 0 Å². The second-order valence-corrected chi connectivity index (χ2v) is 6.18. The summed E-state index contributed by atoms with van der Waals surface area (Å²) in [5.41, 5.74) is 0.177. The normalized spacial score (nSPS) is 11.0. The monoisotopic (exact) mass is 394 g/mol. The van der Waals surface area contributed by atoms with Gasteiger partial charge in [-0.1, -0.05) is 23.9 Å². The maximum Gasteiger partial charge on any atom is 0.387 e.